The third-order valence-corrected chi connectivity index (χ3v) is 4.00. The maximum Gasteiger partial charge on any atom is 0.306 e. The Morgan fingerprint density at radius 1 is 1.29 bits per heavy atom. The monoisotopic (exact) mass is 318 g/mol. The summed E-state index contributed by atoms with van der Waals surface area (Å²) in [5.74, 6) is -0.455. The molecule has 0 saturated carbocycles. The summed E-state index contributed by atoms with van der Waals surface area (Å²) in [7, 11) is -4.30. The molecule has 0 heterocycles. The Kier molecular flexibility index (Phi) is 5.75. The lowest BCUT2D eigenvalue weighted by atomic mass is 10.2. The zero-order valence-corrected chi connectivity index (χ0v) is 11.6. The summed E-state index contributed by atoms with van der Waals surface area (Å²) < 4.78 is 52.4. The summed E-state index contributed by atoms with van der Waals surface area (Å²) in [5, 5.41) is 10.6. The number of nitro groups is 1. The van der Waals surface area contributed by atoms with Crippen LogP contribution in [0.3, 0.4) is 0 Å². The Balaban J connectivity index is 2.95. The summed E-state index contributed by atoms with van der Waals surface area (Å²) in [4.78, 5) is 8.46. The molecule has 9 heteroatoms. The smallest absolute Gasteiger partial charge is 0.258 e. The second kappa shape index (κ2) is 7.10. The molecule has 0 spiro atoms. The van der Waals surface area contributed by atoms with E-state index in [4.69, 9.17) is 6.42 Å². The van der Waals surface area contributed by atoms with Gasteiger partial charge in [-0.2, -0.15) is 4.39 Å². The lowest BCUT2D eigenvalue weighted by Crippen LogP contribution is -2.26. The Morgan fingerprint density at radius 2 is 1.95 bits per heavy atom. The molecule has 6 nitrogen and oxygen atoms in total. The molecule has 0 atom stereocenters. The van der Waals surface area contributed by atoms with Gasteiger partial charge in [0.25, 0.3) is 0 Å². The first-order chi connectivity index (χ1) is 9.79. The Labute approximate surface area is 120 Å². The van der Waals surface area contributed by atoms with Gasteiger partial charge in [-0.25, -0.2) is 17.5 Å². The molecular formula is C12H12F2N2O4S. The standard InChI is InChI=1S/C12H12F2N2O4S/c1-2-3-4-5-6-15-21(19,20)12-8-11(16(17)18)9(13)7-10(12)14/h1,7-8,15H,3-6H2. The lowest BCUT2D eigenvalue weighted by Gasteiger charge is -2.07. The van der Waals surface area contributed by atoms with E-state index in [1.54, 1.807) is 0 Å². The van der Waals surface area contributed by atoms with Crippen LogP contribution in [0.15, 0.2) is 17.0 Å². The molecule has 1 aromatic rings. The molecule has 0 aliphatic rings. The number of unbranched alkanes of at least 4 members (excludes halogenated alkanes) is 2. The lowest BCUT2D eigenvalue weighted by molar-refractivity contribution is -0.387. The van der Waals surface area contributed by atoms with Gasteiger partial charge in [0.2, 0.25) is 15.8 Å². The molecule has 1 aromatic carbocycles. The molecule has 0 aromatic heterocycles. The highest BCUT2D eigenvalue weighted by Gasteiger charge is 2.25. The second-order valence-corrected chi connectivity index (χ2v) is 5.79. The maximum atomic E-state index is 13.5. The number of terminal acetylenes is 1. The number of hydrogen-bond donors (Lipinski definition) is 1. The Morgan fingerprint density at radius 3 is 2.52 bits per heavy atom. The number of rotatable bonds is 7. The minimum Gasteiger partial charge on any atom is -0.258 e. The summed E-state index contributed by atoms with van der Waals surface area (Å²) in [6.07, 6.45) is 6.50. The first-order valence-corrected chi connectivity index (χ1v) is 7.34. The predicted octanol–water partition coefficient (Wildman–Crippen LogP) is 1.95. The summed E-state index contributed by atoms with van der Waals surface area (Å²) in [6.45, 7) is -0.00533. The van der Waals surface area contributed by atoms with E-state index in [2.05, 4.69) is 10.6 Å². The number of hydrogen-bond acceptors (Lipinski definition) is 4. The molecule has 0 saturated heterocycles. The van der Waals surface area contributed by atoms with Crippen LogP contribution in [-0.4, -0.2) is 19.9 Å². The molecule has 1 rings (SSSR count). The van der Waals surface area contributed by atoms with Gasteiger partial charge in [0.1, 0.15) is 10.7 Å². The van der Waals surface area contributed by atoms with Crippen LogP contribution < -0.4 is 4.72 Å². The topological polar surface area (TPSA) is 89.3 Å². The zero-order chi connectivity index (χ0) is 16.0. The predicted molar refractivity (Wildman–Crippen MR) is 70.9 cm³/mol. The summed E-state index contributed by atoms with van der Waals surface area (Å²) in [5.41, 5.74) is -1.11. The van der Waals surface area contributed by atoms with E-state index < -0.39 is 37.2 Å². The average Bonchev–Trinajstić information content (AvgIpc) is 2.37. The molecule has 0 fully saturated rings. The van der Waals surface area contributed by atoms with Crippen LogP contribution in [0, 0.1) is 34.1 Å². The number of nitrogens with zero attached hydrogens (tertiary/aromatic N) is 1. The van der Waals surface area contributed by atoms with E-state index in [1.165, 1.54) is 0 Å². The molecule has 0 radical (unpaired) electrons. The maximum absolute atomic E-state index is 13.5. The van der Waals surface area contributed by atoms with Crippen molar-refractivity contribution in [2.45, 2.75) is 24.2 Å². The van der Waals surface area contributed by atoms with Crippen molar-refractivity contribution >= 4 is 15.7 Å². The molecule has 0 bridgehead atoms. The third-order valence-electron chi connectivity index (χ3n) is 2.53. The fourth-order valence-corrected chi connectivity index (χ4v) is 2.65. The largest absolute Gasteiger partial charge is 0.306 e. The molecule has 0 unspecified atom stereocenters. The molecule has 21 heavy (non-hydrogen) atoms. The van der Waals surface area contributed by atoms with Gasteiger partial charge in [0, 0.05) is 25.1 Å². The Hall–Kier alpha value is -2.05. The highest BCUT2D eigenvalue weighted by atomic mass is 32.2. The van der Waals surface area contributed by atoms with Gasteiger partial charge in [-0.05, 0) is 12.8 Å². The van der Waals surface area contributed by atoms with E-state index in [1.807, 2.05) is 0 Å². The van der Waals surface area contributed by atoms with Crippen LogP contribution in [0.25, 0.3) is 0 Å². The van der Waals surface area contributed by atoms with Crippen molar-refractivity contribution in [3.8, 4) is 12.3 Å². The minimum absolute atomic E-state index is 0.00533. The van der Waals surface area contributed by atoms with Crippen LogP contribution in [0.2, 0.25) is 0 Å². The molecule has 0 aliphatic carbocycles. The van der Waals surface area contributed by atoms with Crippen LogP contribution in [-0.2, 0) is 10.0 Å². The van der Waals surface area contributed by atoms with Gasteiger partial charge in [-0.15, -0.1) is 12.3 Å². The van der Waals surface area contributed by atoms with Crippen LogP contribution >= 0.6 is 0 Å². The number of nitro benzene ring substituents is 1. The van der Waals surface area contributed by atoms with Gasteiger partial charge in [0.15, 0.2) is 0 Å². The van der Waals surface area contributed by atoms with Gasteiger partial charge in [0.05, 0.1) is 4.92 Å². The zero-order valence-electron chi connectivity index (χ0n) is 10.8. The Bertz CT molecular complexity index is 683. The highest BCUT2D eigenvalue weighted by Crippen LogP contribution is 2.24. The van der Waals surface area contributed by atoms with Gasteiger partial charge in [-0.3, -0.25) is 10.1 Å². The van der Waals surface area contributed by atoms with E-state index >= 15 is 0 Å². The summed E-state index contributed by atoms with van der Waals surface area (Å²) in [6, 6.07) is 0.527. The minimum atomic E-state index is -4.30. The molecule has 114 valence electrons. The molecule has 0 amide bonds. The number of nitrogens with one attached hydrogen (secondary N) is 1. The summed E-state index contributed by atoms with van der Waals surface area (Å²) >= 11 is 0. The van der Waals surface area contributed by atoms with Crippen molar-refractivity contribution < 1.29 is 22.1 Å². The first kappa shape index (κ1) is 17.0. The number of sulfonamides is 1. The quantitative estimate of drug-likeness (QED) is 0.360. The van der Waals surface area contributed by atoms with Gasteiger partial charge >= 0.3 is 5.69 Å². The average molecular weight is 318 g/mol. The SMILES string of the molecule is C#CCCCCNS(=O)(=O)c1cc([N+](=O)[O-])c(F)cc1F. The van der Waals surface area contributed by atoms with E-state index in [0.29, 0.717) is 25.3 Å². The van der Waals surface area contributed by atoms with Crippen LogP contribution in [0.4, 0.5) is 14.5 Å². The number of benzene rings is 1. The van der Waals surface area contributed by atoms with Gasteiger partial charge in [-0.1, -0.05) is 0 Å². The first-order valence-electron chi connectivity index (χ1n) is 5.86. The van der Waals surface area contributed by atoms with Crippen LogP contribution in [0.1, 0.15) is 19.3 Å². The van der Waals surface area contributed by atoms with E-state index in [0.717, 1.165) is 0 Å². The highest BCUT2D eigenvalue weighted by molar-refractivity contribution is 7.89. The van der Waals surface area contributed by atoms with Crippen molar-refractivity contribution in [1.29, 1.82) is 0 Å². The van der Waals surface area contributed by atoms with Gasteiger partial charge < -0.3 is 0 Å². The van der Waals surface area contributed by atoms with Crippen LogP contribution in [0.5, 0.6) is 0 Å². The molecular weight excluding hydrogens is 306 g/mol. The van der Waals surface area contributed by atoms with E-state index in [9.17, 15) is 27.3 Å². The number of halogens is 2. The van der Waals surface area contributed by atoms with Crippen molar-refractivity contribution in [1.82, 2.24) is 4.72 Å². The van der Waals surface area contributed by atoms with Crippen molar-refractivity contribution in [2.24, 2.45) is 0 Å². The second-order valence-electron chi connectivity index (χ2n) is 4.05. The normalized spacial score (nSPS) is 11.1. The molecule has 1 N–H and O–H groups in total. The van der Waals surface area contributed by atoms with Crippen molar-refractivity contribution in [2.75, 3.05) is 6.54 Å². The fraction of sp³-hybridized carbons (Fsp3) is 0.333. The molecule has 0 aliphatic heterocycles. The van der Waals surface area contributed by atoms with Crippen molar-refractivity contribution in [3.05, 3.63) is 33.9 Å². The van der Waals surface area contributed by atoms with Crippen molar-refractivity contribution in [3.63, 3.8) is 0 Å². The third kappa shape index (κ3) is 4.47. The van der Waals surface area contributed by atoms with E-state index in [-0.39, 0.29) is 12.6 Å². The fourth-order valence-electron chi connectivity index (χ4n) is 1.50.